The predicted octanol–water partition coefficient (Wildman–Crippen LogP) is 2.75. The molecule has 0 spiro atoms. The van der Waals surface area contributed by atoms with Crippen LogP contribution in [0.15, 0.2) is 42.5 Å². The third-order valence-electron chi connectivity index (χ3n) is 4.44. The van der Waals surface area contributed by atoms with Gasteiger partial charge in [0.05, 0.1) is 6.54 Å². The molecule has 3 rings (SSSR count). The van der Waals surface area contributed by atoms with E-state index >= 15 is 0 Å². The summed E-state index contributed by atoms with van der Waals surface area (Å²) in [6.45, 7) is 3.31. The highest BCUT2D eigenvalue weighted by Crippen LogP contribution is 2.27. The van der Waals surface area contributed by atoms with Gasteiger partial charge in [0.25, 0.3) is 5.91 Å². The number of fused-ring (bicyclic) bond motifs is 1. The van der Waals surface area contributed by atoms with Crippen LogP contribution in [0.2, 0.25) is 0 Å². The van der Waals surface area contributed by atoms with E-state index in [9.17, 15) is 9.59 Å². The van der Waals surface area contributed by atoms with Crippen LogP contribution in [0.25, 0.3) is 0 Å². The van der Waals surface area contributed by atoms with E-state index in [4.69, 9.17) is 0 Å². The maximum Gasteiger partial charge on any atom is 0.251 e. The minimum absolute atomic E-state index is 0.0545. The fourth-order valence-electron chi connectivity index (χ4n) is 3.19. The van der Waals surface area contributed by atoms with Gasteiger partial charge >= 0.3 is 0 Å². The van der Waals surface area contributed by atoms with Gasteiger partial charge in [-0.1, -0.05) is 17.7 Å². The summed E-state index contributed by atoms with van der Waals surface area (Å²) >= 11 is 0. The number of anilines is 2. The van der Waals surface area contributed by atoms with Gasteiger partial charge in [0.1, 0.15) is 0 Å². The highest BCUT2D eigenvalue weighted by atomic mass is 16.2. The van der Waals surface area contributed by atoms with Gasteiger partial charge in [0.2, 0.25) is 5.91 Å². The molecule has 25 heavy (non-hydrogen) atoms. The molecule has 5 heteroatoms. The van der Waals surface area contributed by atoms with Gasteiger partial charge in [-0.25, -0.2) is 0 Å². The topological polar surface area (TPSA) is 61.4 Å². The molecule has 2 N–H and O–H groups in total. The predicted molar refractivity (Wildman–Crippen MR) is 100 cm³/mol. The van der Waals surface area contributed by atoms with Gasteiger partial charge in [0, 0.05) is 30.5 Å². The Labute approximate surface area is 148 Å². The van der Waals surface area contributed by atoms with Crippen LogP contribution in [0.3, 0.4) is 0 Å². The first kappa shape index (κ1) is 17.0. The lowest BCUT2D eigenvalue weighted by molar-refractivity contribution is -0.115. The summed E-state index contributed by atoms with van der Waals surface area (Å²) in [7, 11) is 1.59. The molecular formula is C20H23N3O2. The summed E-state index contributed by atoms with van der Waals surface area (Å²) < 4.78 is 0. The zero-order valence-corrected chi connectivity index (χ0v) is 14.6. The molecule has 0 saturated heterocycles. The summed E-state index contributed by atoms with van der Waals surface area (Å²) in [6.07, 6.45) is 2.13. The van der Waals surface area contributed by atoms with E-state index in [2.05, 4.69) is 40.7 Å². The highest BCUT2D eigenvalue weighted by Gasteiger charge is 2.19. The maximum atomic E-state index is 12.4. The smallest absolute Gasteiger partial charge is 0.251 e. The Morgan fingerprint density at radius 3 is 2.60 bits per heavy atom. The molecule has 0 fully saturated rings. The Kier molecular flexibility index (Phi) is 5.03. The minimum atomic E-state index is -0.141. The molecule has 2 amide bonds. The zero-order chi connectivity index (χ0) is 17.8. The summed E-state index contributed by atoms with van der Waals surface area (Å²) in [4.78, 5) is 26.1. The second kappa shape index (κ2) is 7.38. The molecule has 2 aromatic rings. The summed E-state index contributed by atoms with van der Waals surface area (Å²) in [5.41, 5.74) is 4.98. The van der Waals surface area contributed by atoms with Crippen molar-refractivity contribution in [1.82, 2.24) is 5.32 Å². The van der Waals surface area contributed by atoms with Gasteiger partial charge in [-0.05, 0) is 55.7 Å². The van der Waals surface area contributed by atoms with Crippen LogP contribution in [0.5, 0.6) is 0 Å². The lowest BCUT2D eigenvalue weighted by Gasteiger charge is -2.31. The molecule has 0 unspecified atom stereocenters. The van der Waals surface area contributed by atoms with E-state index in [1.165, 1.54) is 11.1 Å². The summed E-state index contributed by atoms with van der Waals surface area (Å²) in [6, 6.07) is 13.3. The number of rotatable bonds is 4. The van der Waals surface area contributed by atoms with Crippen LogP contribution in [-0.4, -0.2) is 32.0 Å². The van der Waals surface area contributed by atoms with Crippen molar-refractivity contribution in [1.29, 1.82) is 0 Å². The van der Waals surface area contributed by atoms with Crippen LogP contribution in [0, 0.1) is 6.92 Å². The van der Waals surface area contributed by atoms with E-state index in [1.807, 2.05) is 0 Å². The third-order valence-corrected chi connectivity index (χ3v) is 4.44. The molecule has 0 atom stereocenters. The molecule has 0 saturated carbocycles. The van der Waals surface area contributed by atoms with Crippen molar-refractivity contribution in [3.8, 4) is 0 Å². The Balaban J connectivity index is 1.65. The van der Waals surface area contributed by atoms with Gasteiger partial charge in [0.15, 0.2) is 0 Å². The van der Waals surface area contributed by atoms with Crippen molar-refractivity contribution in [3.63, 3.8) is 0 Å². The zero-order valence-electron chi connectivity index (χ0n) is 14.6. The van der Waals surface area contributed by atoms with Crippen LogP contribution in [-0.2, 0) is 11.2 Å². The Hall–Kier alpha value is -2.82. The van der Waals surface area contributed by atoms with Crippen LogP contribution >= 0.6 is 0 Å². The lowest BCUT2D eigenvalue weighted by Crippen LogP contribution is -2.36. The molecule has 1 aliphatic heterocycles. The van der Waals surface area contributed by atoms with E-state index < -0.39 is 0 Å². The SMILES string of the molecule is CNC(=O)c1ccc(NC(=O)CN2CCCc3cc(C)ccc32)cc1. The summed E-state index contributed by atoms with van der Waals surface area (Å²) in [5, 5.41) is 5.48. The first-order valence-corrected chi connectivity index (χ1v) is 8.53. The molecule has 0 radical (unpaired) electrons. The number of benzene rings is 2. The third kappa shape index (κ3) is 3.99. The molecule has 0 aliphatic carbocycles. The van der Waals surface area contributed by atoms with Crippen molar-refractivity contribution in [2.24, 2.45) is 0 Å². The Bertz CT molecular complexity index is 784. The maximum absolute atomic E-state index is 12.4. The van der Waals surface area contributed by atoms with Crippen molar-refractivity contribution in [3.05, 3.63) is 59.2 Å². The van der Waals surface area contributed by atoms with Crippen LogP contribution in [0.4, 0.5) is 11.4 Å². The number of nitrogens with zero attached hydrogens (tertiary/aromatic N) is 1. The Morgan fingerprint density at radius 2 is 1.88 bits per heavy atom. The molecule has 5 nitrogen and oxygen atoms in total. The van der Waals surface area contributed by atoms with Crippen molar-refractivity contribution < 1.29 is 9.59 Å². The highest BCUT2D eigenvalue weighted by molar-refractivity contribution is 5.96. The Morgan fingerprint density at radius 1 is 1.12 bits per heavy atom. The largest absolute Gasteiger partial charge is 0.362 e. The molecular weight excluding hydrogens is 314 g/mol. The lowest BCUT2D eigenvalue weighted by atomic mass is 9.99. The monoisotopic (exact) mass is 337 g/mol. The molecule has 2 aromatic carbocycles. The van der Waals surface area contributed by atoms with Gasteiger partial charge in [-0.15, -0.1) is 0 Å². The van der Waals surface area contributed by atoms with Gasteiger partial charge in [-0.3, -0.25) is 9.59 Å². The number of hydrogen-bond acceptors (Lipinski definition) is 3. The van der Waals surface area contributed by atoms with Crippen molar-refractivity contribution >= 4 is 23.2 Å². The first-order chi connectivity index (χ1) is 12.1. The minimum Gasteiger partial charge on any atom is -0.362 e. The molecule has 1 heterocycles. The van der Waals surface area contributed by atoms with Crippen LogP contribution < -0.4 is 15.5 Å². The van der Waals surface area contributed by atoms with Crippen molar-refractivity contribution in [2.45, 2.75) is 19.8 Å². The molecule has 1 aliphatic rings. The second-order valence-corrected chi connectivity index (χ2v) is 6.36. The van der Waals surface area contributed by atoms with E-state index in [1.54, 1.807) is 31.3 Å². The van der Waals surface area contributed by atoms with E-state index in [-0.39, 0.29) is 11.8 Å². The van der Waals surface area contributed by atoms with Crippen LogP contribution in [0.1, 0.15) is 27.9 Å². The number of aryl methyl sites for hydroxylation is 2. The average Bonchev–Trinajstić information content (AvgIpc) is 2.61. The van der Waals surface area contributed by atoms with E-state index in [0.29, 0.717) is 17.8 Å². The fourth-order valence-corrected chi connectivity index (χ4v) is 3.19. The molecule has 0 aromatic heterocycles. The van der Waals surface area contributed by atoms with E-state index in [0.717, 1.165) is 25.1 Å². The second-order valence-electron chi connectivity index (χ2n) is 6.36. The fraction of sp³-hybridized carbons (Fsp3) is 0.300. The average molecular weight is 337 g/mol. The number of hydrogen-bond donors (Lipinski definition) is 2. The number of carbonyl (C=O) groups is 2. The number of amides is 2. The summed E-state index contributed by atoms with van der Waals surface area (Å²) in [5.74, 6) is -0.195. The number of carbonyl (C=O) groups excluding carboxylic acids is 2. The standard InChI is InChI=1S/C20H23N3O2/c1-14-5-10-18-16(12-14)4-3-11-23(18)13-19(24)22-17-8-6-15(7-9-17)20(25)21-2/h5-10,12H,3-4,11,13H2,1-2H3,(H,21,25)(H,22,24). The quantitative estimate of drug-likeness (QED) is 0.902. The molecule has 130 valence electrons. The van der Waals surface area contributed by atoms with Gasteiger partial charge in [-0.2, -0.15) is 0 Å². The number of nitrogens with one attached hydrogen (secondary N) is 2. The molecule has 0 bridgehead atoms. The first-order valence-electron chi connectivity index (χ1n) is 8.53. The van der Waals surface area contributed by atoms with Gasteiger partial charge < -0.3 is 15.5 Å². The normalized spacial score (nSPS) is 13.1. The van der Waals surface area contributed by atoms with Crippen molar-refractivity contribution in [2.75, 3.05) is 30.4 Å².